The molecule has 0 fully saturated rings. The van der Waals surface area contributed by atoms with Crippen LogP contribution in [0.25, 0.3) is 0 Å². The maximum Gasteiger partial charge on any atom is 0.340 e. The Balaban J connectivity index is 1.97. The van der Waals surface area contributed by atoms with Crippen LogP contribution >= 0.6 is 23.2 Å². The van der Waals surface area contributed by atoms with Crippen molar-refractivity contribution in [3.05, 3.63) is 64.2 Å². The molecule has 0 aliphatic carbocycles. The second-order valence-corrected chi connectivity index (χ2v) is 9.17. The molecule has 0 bridgehead atoms. The normalized spacial score (nSPS) is 14.3. The first-order chi connectivity index (χ1) is 14.6. The minimum atomic E-state index is -3.97. The van der Waals surface area contributed by atoms with E-state index < -0.39 is 21.9 Å². The van der Waals surface area contributed by atoms with Crippen LogP contribution in [0.1, 0.15) is 17.3 Å². The Bertz CT molecular complexity index is 1240. The Morgan fingerprint density at radius 2 is 1.81 bits per heavy atom. The van der Waals surface area contributed by atoms with Crippen molar-refractivity contribution in [1.82, 2.24) is 4.31 Å². The highest BCUT2D eigenvalue weighted by Gasteiger charge is 2.34. The molecule has 0 spiro atoms. The van der Waals surface area contributed by atoms with Gasteiger partial charge in [-0.05, 0) is 43.3 Å². The van der Waals surface area contributed by atoms with Crippen molar-refractivity contribution in [3.8, 4) is 0 Å². The van der Waals surface area contributed by atoms with Crippen LogP contribution in [0.5, 0.6) is 0 Å². The number of amidine groups is 1. The van der Waals surface area contributed by atoms with E-state index in [1.165, 1.54) is 43.4 Å². The molecule has 2 aromatic carbocycles. The highest BCUT2D eigenvalue weighted by molar-refractivity contribution is 7.90. The molecule has 0 unspecified atom stereocenters. The largest absolute Gasteiger partial charge is 0.462 e. The molecule has 162 valence electrons. The Labute approximate surface area is 189 Å². The zero-order valence-corrected chi connectivity index (χ0v) is 18.8. The molecule has 1 aliphatic heterocycles. The smallest absolute Gasteiger partial charge is 0.340 e. The summed E-state index contributed by atoms with van der Waals surface area (Å²) in [5, 5.41) is 3.08. The van der Waals surface area contributed by atoms with Gasteiger partial charge in [-0.15, -0.1) is 0 Å². The van der Waals surface area contributed by atoms with Crippen LogP contribution < -0.4 is 5.32 Å². The van der Waals surface area contributed by atoms with E-state index in [4.69, 9.17) is 27.9 Å². The summed E-state index contributed by atoms with van der Waals surface area (Å²) >= 11 is 11.9. The summed E-state index contributed by atoms with van der Waals surface area (Å²) in [4.78, 5) is 29.2. The highest BCUT2D eigenvalue weighted by Crippen LogP contribution is 2.35. The third-order valence-corrected chi connectivity index (χ3v) is 6.62. The van der Waals surface area contributed by atoms with Crippen molar-refractivity contribution < 1.29 is 22.7 Å². The maximum absolute atomic E-state index is 12.9. The molecule has 0 saturated carbocycles. The lowest BCUT2D eigenvalue weighted by molar-refractivity contribution is -0.112. The number of carbonyl (C=O) groups is 2. The molecule has 2 aromatic rings. The maximum atomic E-state index is 12.9. The molecule has 1 heterocycles. The number of anilines is 1. The number of nitrogens with one attached hydrogen (secondary N) is 1. The molecular formula is C20H17Cl2N3O5S. The van der Waals surface area contributed by atoms with Gasteiger partial charge in [-0.2, -0.15) is 0 Å². The number of carbonyl (C=O) groups excluding carboxylic acids is 2. The highest BCUT2D eigenvalue weighted by atomic mass is 35.5. The first-order valence-corrected chi connectivity index (χ1v) is 11.1. The summed E-state index contributed by atoms with van der Waals surface area (Å²) in [5.74, 6) is -1.62. The van der Waals surface area contributed by atoms with E-state index in [0.717, 1.165) is 4.31 Å². The first kappa shape index (κ1) is 22.8. The molecule has 31 heavy (non-hydrogen) atoms. The minimum Gasteiger partial charge on any atom is -0.462 e. The SMILES string of the molecule is C=C(C(=O)Nc1cc(Cl)ccc1C(=O)OCC)C1=Nc2cc(Cl)ccc2S(=O)(=O)N1C. The van der Waals surface area contributed by atoms with E-state index in [0.29, 0.717) is 0 Å². The fourth-order valence-corrected chi connectivity index (χ4v) is 4.43. The fraction of sp³-hybridized carbons (Fsp3) is 0.150. The molecule has 0 radical (unpaired) electrons. The second-order valence-electron chi connectivity index (χ2n) is 6.36. The average molecular weight is 482 g/mol. The number of ether oxygens (including phenoxy) is 1. The zero-order valence-electron chi connectivity index (χ0n) is 16.5. The van der Waals surface area contributed by atoms with Crippen molar-refractivity contribution in [1.29, 1.82) is 0 Å². The van der Waals surface area contributed by atoms with Crippen molar-refractivity contribution in [2.45, 2.75) is 11.8 Å². The van der Waals surface area contributed by atoms with Crippen LogP contribution in [0.2, 0.25) is 10.0 Å². The quantitative estimate of drug-likeness (QED) is 0.512. The third kappa shape index (κ3) is 4.43. The van der Waals surface area contributed by atoms with Gasteiger partial charge in [0, 0.05) is 17.1 Å². The number of benzene rings is 2. The Kier molecular flexibility index (Phi) is 6.40. The van der Waals surface area contributed by atoms with Gasteiger partial charge in [-0.3, -0.25) is 9.10 Å². The summed E-state index contributed by atoms with van der Waals surface area (Å²) in [6, 6.07) is 8.41. The summed E-state index contributed by atoms with van der Waals surface area (Å²) in [6.45, 7) is 5.48. The number of aliphatic imine (C=N–C) groups is 1. The van der Waals surface area contributed by atoms with Crippen molar-refractivity contribution in [2.24, 2.45) is 4.99 Å². The van der Waals surface area contributed by atoms with Gasteiger partial charge < -0.3 is 10.1 Å². The molecule has 0 aromatic heterocycles. The molecular weight excluding hydrogens is 465 g/mol. The third-order valence-electron chi connectivity index (χ3n) is 4.35. The van der Waals surface area contributed by atoms with Gasteiger partial charge in [0.1, 0.15) is 4.90 Å². The zero-order chi connectivity index (χ0) is 22.9. The van der Waals surface area contributed by atoms with Crippen LogP contribution in [-0.4, -0.2) is 44.1 Å². The number of fused-ring (bicyclic) bond motifs is 1. The number of esters is 1. The number of sulfonamides is 1. The van der Waals surface area contributed by atoms with E-state index >= 15 is 0 Å². The van der Waals surface area contributed by atoms with Gasteiger partial charge >= 0.3 is 5.97 Å². The lowest BCUT2D eigenvalue weighted by Crippen LogP contribution is -2.39. The summed E-state index contributed by atoms with van der Waals surface area (Å²) in [5.41, 5.74) is 0.00885. The molecule has 1 aliphatic rings. The minimum absolute atomic E-state index is 0.0456. The standard InChI is InChI=1S/C20H17Cl2N3O5S/c1-4-30-20(27)14-7-5-12(21)9-15(14)24-19(26)11(2)18-23-16-10-13(22)6-8-17(16)31(28,29)25(18)3/h5-10H,2,4H2,1,3H3,(H,24,26). The number of halogens is 2. The van der Waals surface area contributed by atoms with Crippen molar-refractivity contribution >= 4 is 62.3 Å². The number of nitrogens with zero attached hydrogens (tertiary/aromatic N) is 2. The van der Waals surface area contributed by atoms with Crippen LogP contribution in [-0.2, 0) is 19.6 Å². The molecule has 0 saturated heterocycles. The Hall–Kier alpha value is -2.88. The first-order valence-electron chi connectivity index (χ1n) is 8.90. The second kappa shape index (κ2) is 8.70. The number of hydrogen-bond acceptors (Lipinski definition) is 6. The van der Waals surface area contributed by atoms with Crippen LogP contribution in [0, 0.1) is 0 Å². The van der Waals surface area contributed by atoms with Crippen molar-refractivity contribution in [3.63, 3.8) is 0 Å². The molecule has 0 atom stereocenters. The van der Waals surface area contributed by atoms with Gasteiger partial charge in [0.15, 0.2) is 5.84 Å². The number of rotatable bonds is 5. The lowest BCUT2D eigenvalue weighted by Gasteiger charge is -2.27. The number of hydrogen-bond donors (Lipinski definition) is 1. The topological polar surface area (TPSA) is 105 Å². The monoisotopic (exact) mass is 481 g/mol. The van der Waals surface area contributed by atoms with Crippen LogP contribution in [0.15, 0.2) is 58.4 Å². The van der Waals surface area contributed by atoms with Crippen molar-refractivity contribution in [2.75, 3.05) is 19.0 Å². The predicted octanol–water partition coefficient (Wildman–Crippen LogP) is 4.03. The molecule has 11 heteroatoms. The predicted molar refractivity (Wildman–Crippen MR) is 119 cm³/mol. The van der Waals surface area contributed by atoms with E-state index in [9.17, 15) is 18.0 Å². The van der Waals surface area contributed by atoms with E-state index in [1.54, 1.807) is 6.92 Å². The number of likely N-dealkylation sites (N-methyl/N-ethyl adjacent to an activating group) is 1. The van der Waals surface area contributed by atoms with E-state index in [-0.39, 0.29) is 49.9 Å². The fourth-order valence-electron chi connectivity index (χ4n) is 2.81. The lowest BCUT2D eigenvalue weighted by atomic mass is 10.1. The summed E-state index contributed by atoms with van der Waals surface area (Å²) < 4.78 is 31.5. The summed E-state index contributed by atoms with van der Waals surface area (Å²) in [7, 11) is -2.71. The number of amides is 1. The summed E-state index contributed by atoms with van der Waals surface area (Å²) in [6.07, 6.45) is 0. The van der Waals surface area contributed by atoms with Gasteiger partial charge in [0.25, 0.3) is 15.9 Å². The van der Waals surface area contributed by atoms with E-state index in [2.05, 4.69) is 16.9 Å². The van der Waals surface area contributed by atoms with Gasteiger partial charge in [-0.25, -0.2) is 18.2 Å². The molecule has 8 nitrogen and oxygen atoms in total. The molecule has 1 N–H and O–H groups in total. The van der Waals surface area contributed by atoms with Crippen LogP contribution in [0.3, 0.4) is 0 Å². The molecule has 1 amide bonds. The Morgan fingerprint density at radius 1 is 1.16 bits per heavy atom. The average Bonchev–Trinajstić information content (AvgIpc) is 2.70. The van der Waals surface area contributed by atoms with Gasteiger partial charge in [-0.1, -0.05) is 29.8 Å². The van der Waals surface area contributed by atoms with E-state index in [1.807, 2.05) is 0 Å². The van der Waals surface area contributed by atoms with Gasteiger partial charge in [0.05, 0.1) is 29.1 Å². The Morgan fingerprint density at radius 3 is 2.48 bits per heavy atom. The molecule has 3 rings (SSSR count). The van der Waals surface area contributed by atoms with Gasteiger partial charge in [0.2, 0.25) is 0 Å². The van der Waals surface area contributed by atoms with Crippen LogP contribution in [0.4, 0.5) is 11.4 Å².